The molecule has 3 aromatic rings. The topological polar surface area (TPSA) is 131 Å². The third-order valence-corrected chi connectivity index (χ3v) is 13.5. The van der Waals surface area contributed by atoms with Crippen molar-refractivity contribution in [3.63, 3.8) is 0 Å². The zero-order valence-electron chi connectivity index (χ0n) is 36.9. The second-order valence-electron chi connectivity index (χ2n) is 18.3. The molecule has 11 heteroatoms. The fourth-order valence-electron chi connectivity index (χ4n) is 9.50. The molecule has 2 saturated carbocycles. The molecule has 3 aromatic carbocycles. The van der Waals surface area contributed by atoms with Crippen LogP contribution in [0.1, 0.15) is 130 Å². The van der Waals surface area contributed by atoms with Crippen LogP contribution in [0.25, 0.3) is 0 Å². The minimum atomic E-state index is -0.671. The molecule has 2 saturated heterocycles. The average molecular weight is 845 g/mol. The summed E-state index contributed by atoms with van der Waals surface area (Å²) < 4.78 is 0. The number of amides is 6. The lowest BCUT2D eigenvalue weighted by Gasteiger charge is -2.39. The van der Waals surface area contributed by atoms with Gasteiger partial charge in [-0.3, -0.25) is 19.2 Å². The highest BCUT2D eigenvalue weighted by atomic mass is 16.2. The summed E-state index contributed by atoms with van der Waals surface area (Å²) in [6, 6.07) is 27.5. The highest BCUT2D eigenvalue weighted by molar-refractivity contribution is 5.97. The molecule has 2 unspecified atom stereocenters. The molecule has 0 aromatic heterocycles. The van der Waals surface area contributed by atoms with Gasteiger partial charge >= 0.3 is 6.03 Å². The molecule has 3 N–H and O–H groups in total. The van der Waals surface area contributed by atoms with Crippen molar-refractivity contribution in [3.05, 3.63) is 107 Å². The van der Waals surface area contributed by atoms with Gasteiger partial charge in [0, 0.05) is 75.3 Å². The number of carbonyl (C=O) groups excluding carboxylic acids is 5. The van der Waals surface area contributed by atoms with E-state index in [0.29, 0.717) is 38.3 Å². The van der Waals surface area contributed by atoms with E-state index >= 15 is 0 Å². The monoisotopic (exact) mass is 845 g/mol. The van der Waals surface area contributed by atoms with Crippen LogP contribution in [0.4, 0.5) is 4.79 Å². The molecular formula is C51H68N6O5. The van der Waals surface area contributed by atoms with Crippen molar-refractivity contribution in [2.24, 2.45) is 17.8 Å². The smallest absolute Gasteiger partial charge is 0.320 e. The first-order valence-electron chi connectivity index (χ1n) is 23.6. The molecule has 4 fully saturated rings. The Bertz CT molecular complexity index is 1880. The van der Waals surface area contributed by atoms with Crippen molar-refractivity contribution in [2.75, 3.05) is 39.3 Å². The zero-order chi connectivity index (χ0) is 43.4. The molecule has 2 heterocycles. The summed E-state index contributed by atoms with van der Waals surface area (Å²) in [6.45, 7) is 7.05. The summed E-state index contributed by atoms with van der Waals surface area (Å²) >= 11 is 0. The van der Waals surface area contributed by atoms with Gasteiger partial charge in [0.2, 0.25) is 17.7 Å². The van der Waals surface area contributed by atoms with E-state index in [4.69, 9.17) is 0 Å². The Morgan fingerprint density at radius 3 is 1.66 bits per heavy atom. The van der Waals surface area contributed by atoms with Gasteiger partial charge in [-0.1, -0.05) is 138 Å². The number of likely N-dealkylation sites (tertiary alicyclic amines) is 1. The van der Waals surface area contributed by atoms with Gasteiger partial charge in [0.15, 0.2) is 0 Å². The van der Waals surface area contributed by atoms with Gasteiger partial charge in [-0.25, -0.2) is 4.79 Å². The summed E-state index contributed by atoms with van der Waals surface area (Å²) in [4.78, 5) is 74.5. The van der Waals surface area contributed by atoms with E-state index in [2.05, 4.69) is 54.1 Å². The number of nitrogens with one attached hydrogen (secondary N) is 3. The minimum Gasteiger partial charge on any atom is -0.356 e. The van der Waals surface area contributed by atoms with Crippen molar-refractivity contribution >= 4 is 29.7 Å². The van der Waals surface area contributed by atoms with Crippen LogP contribution >= 0.6 is 0 Å². The summed E-state index contributed by atoms with van der Waals surface area (Å²) in [7, 11) is 0. The van der Waals surface area contributed by atoms with Crippen LogP contribution in [0.5, 0.6) is 0 Å². The van der Waals surface area contributed by atoms with Gasteiger partial charge in [-0.15, -0.1) is 0 Å². The Hall–Kier alpha value is -5.19. The van der Waals surface area contributed by atoms with Gasteiger partial charge in [0.05, 0.1) is 17.8 Å². The third kappa shape index (κ3) is 11.8. The molecule has 2 aliphatic carbocycles. The Morgan fingerprint density at radius 2 is 1.10 bits per heavy atom. The molecule has 11 nitrogen and oxygen atoms in total. The zero-order valence-corrected chi connectivity index (χ0v) is 36.9. The molecule has 0 radical (unpaired) electrons. The first-order chi connectivity index (χ1) is 30.2. The van der Waals surface area contributed by atoms with Crippen molar-refractivity contribution in [3.8, 4) is 0 Å². The van der Waals surface area contributed by atoms with Crippen LogP contribution in [-0.4, -0.2) is 95.7 Å². The molecule has 332 valence electrons. The van der Waals surface area contributed by atoms with Gasteiger partial charge in [0.1, 0.15) is 0 Å². The summed E-state index contributed by atoms with van der Waals surface area (Å²) in [6.07, 6.45) is 12.8. The fourth-order valence-corrected chi connectivity index (χ4v) is 9.50. The quantitative estimate of drug-likeness (QED) is 0.0896. The second-order valence-corrected chi connectivity index (χ2v) is 18.3. The first-order valence-corrected chi connectivity index (χ1v) is 23.6. The van der Waals surface area contributed by atoms with Crippen LogP contribution in [0.3, 0.4) is 0 Å². The third-order valence-electron chi connectivity index (χ3n) is 13.5. The van der Waals surface area contributed by atoms with Crippen LogP contribution in [0, 0.1) is 17.8 Å². The normalized spacial score (nSPS) is 24.1. The maximum atomic E-state index is 14.1. The van der Waals surface area contributed by atoms with E-state index in [-0.39, 0.29) is 72.6 Å². The van der Waals surface area contributed by atoms with E-state index < -0.39 is 11.8 Å². The minimum absolute atomic E-state index is 0.00115. The summed E-state index contributed by atoms with van der Waals surface area (Å²) in [5, 5.41) is 9.57. The predicted octanol–water partition coefficient (Wildman–Crippen LogP) is 7.63. The molecular weight excluding hydrogens is 777 g/mol. The molecule has 6 amide bonds. The predicted molar refractivity (Wildman–Crippen MR) is 242 cm³/mol. The fraction of sp³-hybridized carbons (Fsp3) is 0.549. The number of carbonyl (C=O) groups is 5. The maximum Gasteiger partial charge on any atom is 0.320 e. The van der Waals surface area contributed by atoms with Gasteiger partial charge in [0.25, 0.3) is 5.91 Å². The Morgan fingerprint density at radius 1 is 0.581 bits per heavy atom. The van der Waals surface area contributed by atoms with Crippen LogP contribution < -0.4 is 16.0 Å². The maximum absolute atomic E-state index is 14.1. The number of benzene rings is 3. The van der Waals surface area contributed by atoms with Gasteiger partial charge in [-0.05, 0) is 54.5 Å². The number of urea groups is 1. The molecule has 62 heavy (non-hydrogen) atoms. The molecule has 7 atom stereocenters. The Balaban J connectivity index is 0.986. The summed E-state index contributed by atoms with van der Waals surface area (Å²) in [5.74, 6) is -1.78. The number of hydrogen-bond donors (Lipinski definition) is 3. The number of rotatable bonds is 22. The molecule has 0 bridgehead atoms. The van der Waals surface area contributed by atoms with E-state index in [1.807, 2.05) is 53.4 Å². The number of nitrogens with zero attached hydrogens (tertiary/aromatic N) is 3. The standard InChI is InChI=1S/C51H68N6O5/c1-3-5-7-9-10-18-28-55-32-40(47(58)52-27-17-8-6-4-2)33-57(51(55)62)31-36-23-25-39(26-24-36)50(61)56-34-43(48(59)53-45-29-41(45)37-19-13-11-14-20-37)44(35-56)49(60)54-46-30-42(46)38-21-15-12-16-22-38/h11-16,19-26,40-46H,3-10,17-18,27-35H2,1-2H3,(H,52,58)(H,53,59)(H,54,60)/t40?,41-,42-,43-,44?,45+,46+/m1/s1. The van der Waals surface area contributed by atoms with Crippen molar-refractivity contribution in [1.82, 2.24) is 30.7 Å². The first kappa shape index (κ1) is 44.9. The van der Waals surface area contributed by atoms with Crippen molar-refractivity contribution in [1.29, 1.82) is 0 Å². The van der Waals surface area contributed by atoms with E-state index in [9.17, 15) is 24.0 Å². The SMILES string of the molecule is CCCCCCCCN1CC(C(=O)NCCCCCC)CN(Cc2ccc(C(=O)N3CC(C(=O)N[C@H]4C[C@@H]4c4ccccc4)[C@H](C(=O)N[C@H]4C[C@@H]4c4ccccc4)C3)cc2)C1=O. The lowest BCUT2D eigenvalue weighted by atomic mass is 9.94. The van der Waals surface area contributed by atoms with Crippen LogP contribution in [0.15, 0.2) is 84.9 Å². The molecule has 7 rings (SSSR count). The largest absolute Gasteiger partial charge is 0.356 e. The number of hydrogen-bond acceptors (Lipinski definition) is 5. The Labute approximate surface area is 368 Å². The van der Waals surface area contributed by atoms with E-state index in [1.54, 1.807) is 21.9 Å². The van der Waals surface area contributed by atoms with Crippen LogP contribution in [-0.2, 0) is 20.9 Å². The van der Waals surface area contributed by atoms with Gasteiger partial charge in [-0.2, -0.15) is 0 Å². The highest BCUT2D eigenvalue weighted by Crippen LogP contribution is 2.42. The van der Waals surface area contributed by atoms with Crippen LogP contribution in [0.2, 0.25) is 0 Å². The average Bonchev–Trinajstić information content (AvgIpc) is 4.20. The molecule has 4 aliphatic rings. The summed E-state index contributed by atoms with van der Waals surface area (Å²) in [5.41, 5.74) is 3.70. The Kier molecular flexibility index (Phi) is 15.7. The molecule has 2 aliphatic heterocycles. The lowest BCUT2D eigenvalue weighted by molar-refractivity contribution is -0.133. The van der Waals surface area contributed by atoms with Crippen molar-refractivity contribution in [2.45, 2.75) is 121 Å². The van der Waals surface area contributed by atoms with Gasteiger partial charge < -0.3 is 30.7 Å². The van der Waals surface area contributed by atoms with E-state index in [1.165, 1.54) is 30.4 Å². The van der Waals surface area contributed by atoms with E-state index in [0.717, 1.165) is 63.4 Å². The lowest BCUT2D eigenvalue weighted by Crippen LogP contribution is -2.56. The second kappa shape index (κ2) is 21.7. The van der Waals surface area contributed by atoms with Crippen molar-refractivity contribution < 1.29 is 24.0 Å². The molecule has 0 spiro atoms. The number of unbranched alkanes of at least 4 members (excludes halogenated alkanes) is 8. The highest BCUT2D eigenvalue weighted by Gasteiger charge is 2.49.